The summed E-state index contributed by atoms with van der Waals surface area (Å²) in [6.07, 6.45) is 8.37. The molecule has 1 amide bonds. The summed E-state index contributed by atoms with van der Waals surface area (Å²) in [5.41, 5.74) is 9.04. The molecule has 10 nitrogen and oxygen atoms in total. The first-order chi connectivity index (χ1) is 17.5. The Hall–Kier alpha value is -4.57. The molecule has 3 N–H and O–H groups in total. The first-order valence-corrected chi connectivity index (χ1v) is 11.5. The second-order valence-electron chi connectivity index (χ2n) is 8.22. The summed E-state index contributed by atoms with van der Waals surface area (Å²) in [5.74, 6) is 1.19. The van der Waals surface area contributed by atoms with Crippen LogP contribution >= 0.6 is 0 Å². The molecule has 10 heteroatoms. The summed E-state index contributed by atoms with van der Waals surface area (Å²) >= 11 is 0. The molecule has 0 unspecified atom stereocenters. The van der Waals surface area contributed by atoms with E-state index in [9.17, 15) is 4.79 Å². The predicted octanol–water partition coefficient (Wildman–Crippen LogP) is 3.49. The van der Waals surface area contributed by atoms with Crippen LogP contribution in [0.1, 0.15) is 23.1 Å². The number of carbonyl (C=O) groups is 1. The topological polar surface area (TPSA) is 132 Å². The third-order valence-corrected chi connectivity index (χ3v) is 5.67. The number of rotatable bonds is 6. The number of hydrogen-bond acceptors (Lipinski definition) is 9. The van der Waals surface area contributed by atoms with Crippen LogP contribution in [0.15, 0.2) is 71.6 Å². The number of nitrogens with zero attached hydrogens (tertiary/aromatic N) is 5. The molecule has 4 aromatic rings. The summed E-state index contributed by atoms with van der Waals surface area (Å²) in [6, 6.07) is 6.97. The van der Waals surface area contributed by atoms with Gasteiger partial charge in [-0.15, -0.1) is 0 Å². The molecule has 36 heavy (non-hydrogen) atoms. The number of allylic oxidation sites excluding steroid dienone is 5. The lowest BCUT2D eigenvalue weighted by Crippen LogP contribution is -2.37. The van der Waals surface area contributed by atoms with E-state index in [-0.39, 0.29) is 5.91 Å². The highest BCUT2D eigenvalue weighted by atomic mass is 16.5. The van der Waals surface area contributed by atoms with Crippen LogP contribution < -0.4 is 16.0 Å². The largest absolute Gasteiger partial charge is 0.432 e. The molecule has 0 aliphatic carbocycles. The summed E-state index contributed by atoms with van der Waals surface area (Å²) in [6.45, 7) is 8.18. The van der Waals surface area contributed by atoms with E-state index in [1.807, 2.05) is 12.1 Å². The standard InChI is InChI=1S/C26H25N7O3/c1-3-5-17(14-16(2)30-25(34)18-7-8-20(27)29-15-18)23-31-21-19-6-4-9-28-26(19)36-22(21)24(32-23)33-10-12-35-13-11-33/h3-9,14-15H,1,10-13H2,2H3,(H2,27,29)(H,30,34)/b16-14+,17-5+. The Morgan fingerprint density at radius 3 is 2.78 bits per heavy atom. The lowest BCUT2D eigenvalue weighted by atomic mass is 10.1. The highest BCUT2D eigenvalue weighted by molar-refractivity contribution is 6.05. The average Bonchev–Trinajstić information content (AvgIpc) is 3.27. The summed E-state index contributed by atoms with van der Waals surface area (Å²) in [5, 5.41) is 3.67. The Balaban J connectivity index is 1.56. The molecule has 4 aromatic heterocycles. The number of aromatic nitrogens is 4. The van der Waals surface area contributed by atoms with Crippen molar-refractivity contribution in [2.45, 2.75) is 6.92 Å². The van der Waals surface area contributed by atoms with Crippen LogP contribution in [0.3, 0.4) is 0 Å². The van der Waals surface area contributed by atoms with E-state index >= 15 is 0 Å². The lowest BCUT2D eigenvalue weighted by Gasteiger charge is -2.27. The molecule has 0 saturated carbocycles. The molecule has 5 heterocycles. The number of nitrogens with two attached hydrogens (primary N) is 1. The Morgan fingerprint density at radius 1 is 1.19 bits per heavy atom. The number of nitrogens with one attached hydrogen (secondary N) is 1. The number of morpholine rings is 1. The van der Waals surface area contributed by atoms with Crippen LogP contribution in [0.4, 0.5) is 11.6 Å². The fourth-order valence-corrected chi connectivity index (χ4v) is 3.96. The fourth-order valence-electron chi connectivity index (χ4n) is 3.96. The number of anilines is 2. The molecule has 0 radical (unpaired) electrons. The number of pyridine rings is 2. The van der Waals surface area contributed by atoms with Crippen LogP contribution in [0.2, 0.25) is 0 Å². The van der Waals surface area contributed by atoms with E-state index in [4.69, 9.17) is 24.9 Å². The van der Waals surface area contributed by atoms with Crippen molar-refractivity contribution in [2.24, 2.45) is 0 Å². The third kappa shape index (κ3) is 4.66. The van der Waals surface area contributed by atoms with Gasteiger partial charge in [0.05, 0.1) is 24.2 Å². The van der Waals surface area contributed by atoms with Crippen LogP contribution in [0.25, 0.3) is 27.8 Å². The van der Waals surface area contributed by atoms with Gasteiger partial charge >= 0.3 is 0 Å². The zero-order chi connectivity index (χ0) is 25.1. The molecule has 1 saturated heterocycles. The summed E-state index contributed by atoms with van der Waals surface area (Å²) in [7, 11) is 0. The van der Waals surface area contributed by atoms with E-state index in [1.54, 1.807) is 43.5 Å². The van der Waals surface area contributed by atoms with Gasteiger partial charge in [0.2, 0.25) is 5.71 Å². The van der Waals surface area contributed by atoms with Crippen molar-refractivity contribution in [1.82, 2.24) is 25.3 Å². The van der Waals surface area contributed by atoms with Gasteiger partial charge in [0, 0.05) is 36.8 Å². The quantitative estimate of drug-likeness (QED) is 0.395. The maximum absolute atomic E-state index is 12.6. The molecule has 1 aliphatic rings. The maximum atomic E-state index is 12.6. The maximum Gasteiger partial charge on any atom is 0.256 e. The SMILES string of the molecule is C=C/C=C(\C=C(/C)NC(=O)c1ccc(N)nc1)c1nc(N2CCOCC2)c2oc3ncccc3c2n1. The highest BCUT2D eigenvalue weighted by Crippen LogP contribution is 2.33. The van der Waals surface area contributed by atoms with Crippen LogP contribution in [0, 0.1) is 0 Å². The Kier molecular flexibility index (Phi) is 6.42. The summed E-state index contributed by atoms with van der Waals surface area (Å²) in [4.78, 5) is 32.8. The minimum Gasteiger partial charge on any atom is -0.432 e. The van der Waals surface area contributed by atoms with E-state index < -0.39 is 0 Å². The van der Waals surface area contributed by atoms with Crippen molar-refractivity contribution >= 4 is 45.3 Å². The van der Waals surface area contributed by atoms with Crippen molar-refractivity contribution in [3.8, 4) is 0 Å². The second-order valence-corrected chi connectivity index (χ2v) is 8.22. The number of ether oxygens (including phenoxy) is 1. The molecule has 1 aliphatic heterocycles. The van der Waals surface area contributed by atoms with Crippen molar-refractivity contribution in [3.05, 3.63) is 78.6 Å². The Labute approximate surface area is 207 Å². The number of furan rings is 1. The molecule has 0 bridgehead atoms. The van der Waals surface area contributed by atoms with Crippen molar-refractivity contribution < 1.29 is 13.9 Å². The van der Waals surface area contributed by atoms with Crippen LogP contribution in [-0.2, 0) is 4.74 Å². The highest BCUT2D eigenvalue weighted by Gasteiger charge is 2.23. The minimum atomic E-state index is -0.300. The van der Waals surface area contributed by atoms with Gasteiger partial charge in [-0.1, -0.05) is 18.7 Å². The van der Waals surface area contributed by atoms with Gasteiger partial charge in [-0.3, -0.25) is 4.79 Å². The van der Waals surface area contributed by atoms with E-state index in [2.05, 4.69) is 26.8 Å². The molecule has 0 atom stereocenters. The average molecular weight is 484 g/mol. The predicted molar refractivity (Wildman–Crippen MR) is 138 cm³/mol. The van der Waals surface area contributed by atoms with Gasteiger partial charge in [-0.2, -0.15) is 0 Å². The zero-order valence-corrected chi connectivity index (χ0v) is 19.8. The van der Waals surface area contributed by atoms with Gasteiger partial charge < -0.3 is 25.1 Å². The van der Waals surface area contributed by atoms with E-state index in [1.165, 1.54) is 6.20 Å². The molecule has 1 fully saturated rings. The number of carbonyl (C=O) groups excluding carboxylic acids is 1. The Morgan fingerprint density at radius 2 is 2.03 bits per heavy atom. The summed E-state index contributed by atoms with van der Waals surface area (Å²) < 4.78 is 11.6. The fraction of sp³-hybridized carbons (Fsp3) is 0.192. The first kappa shape index (κ1) is 23.2. The van der Waals surface area contributed by atoms with Gasteiger partial charge in [-0.05, 0) is 37.3 Å². The number of fused-ring (bicyclic) bond motifs is 3. The zero-order valence-electron chi connectivity index (χ0n) is 19.8. The van der Waals surface area contributed by atoms with E-state index in [0.29, 0.717) is 77.4 Å². The van der Waals surface area contributed by atoms with Crippen LogP contribution in [0.5, 0.6) is 0 Å². The van der Waals surface area contributed by atoms with Gasteiger partial charge in [0.25, 0.3) is 5.91 Å². The monoisotopic (exact) mass is 483 g/mol. The molecular formula is C26H25N7O3. The van der Waals surface area contributed by atoms with E-state index in [0.717, 1.165) is 5.39 Å². The molecule has 5 rings (SSSR count). The number of hydrogen-bond donors (Lipinski definition) is 2. The number of nitrogen functional groups attached to an aromatic ring is 1. The van der Waals surface area contributed by atoms with Crippen molar-refractivity contribution in [2.75, 3.05) is 36.9 Å². The smallest absolute Gasteiger partial charge is 0.256 e. The molecule has 0 aromatic carbocycles. The number of amides is 1. The van der Waals surface area contributed by atoms with Gasteiger partial charge in [0.15, 0.2) is 17.2 Å². The molecule has 182 valence electrons. The Bertz CT molecular complexity index is 1500. The lowest BCUT2D eigenvalue weighted by molar-refractivity contribution is 0.0965. The first-order valence-electron chi connectivity index (χ1n) is 11.5. The normalized spacial score (nSPS) is 14.9. The van der Waals surface area contributed by atoms with Gasteiger partial charge in [0.1, 0.15) is 11.3 Å². The molecule has 0 spiro atoms. The minimum absolute atomic E-state index is 0.300. The third-order valence-electron chi connectivity index (χ3n) is 5.67. The van der Waals surface area contributed by atoms with Crippen molar-refractivity contribution in [1.29, 1.82) is 0 Å². The van der Waals surface area contributed by atoms with Gasteiger partial charge in [-0.25, -0.2) is 19.9 Å². The van der Waals surface area contributed by atoms with Crippen molar-refractivity contribution in [3.63, 3.8) is 0 Å². The van der Waals surface area contributed by atoms with Crippen LogP contribution in [-0.4, -0.2) is 52.1 Å². The molecular weight excluding hydrogens is 458 g/mol. The second kappa shape index (κ2) is 9.96.